The number of benzene rings is 2. The molecule has 1 amide bonds. The van der Waals surface area contributed by atoms with E-state index in [9.17, 15) is 14.9 Å². The molecule has 0 unspecified atom stereocenters. The maximum absolute atomic E-state index is 12.2. The van der Waals surface area contributed by atoms with Crippen molar-refractivity contribution >= 4 is 29.5 Å². The summed E-state index contributed by atoms with van der Waals surface area (Å²) in [6.45, 7) is 2.36. The number of hydrogen-bond donors (Lipinski definition) is 1. The monoisotopic (exact) mass is 463 g/mol. The molecule has 7 nitrogen and oxygen atoms in total. The fourth-order valence-corrected chi connectivity index (χ4v) is 4.24. The van der Waals surface area contributed by atoms with Crippen LogP contribution in [-0.2, 0) is 4.74 Å². The van der Waals surface area contributed by atoms with Gasteiger partial charge in [-0.3, -0.25) is 10.1 Å². The lowest BCUT2D eigenvalue weighted by Gasteiger charge is -2.14. The van der Waals surface area contributed by atoms with Crippen molar-refractivity contribution in [2.45, 2.75) is 19.3 Å². The molecular weight excluding hydrogens is 442 g/mol. The van der Waals surface area contributed by atoms with Crippen LogP contribution in [0.3, 0.4) is 0 Å². The van der Waals surface area contributed by atoms with E-state index in [0.717, 1.165) is 11.1 Å². The normalized spacial score (nSPS) is 12.4. The number of nitrogens with zero attached hydrogens (tertiary/aromatic N) is 2. The molecule has 0 bridgehead atoms. The van der Waals surface area contributed by atoms with Gasteiger partial charge in [-0.15, -0.1) is 0 Å². The average molecular weight is 464 g/mol. The highest BCUT2D eigenvalue weighted by Crippen LogP contribution is 2.44. The first-order chi connectivity index (χ1) is 16.0. The van der Waals surface area contributed by atoms with Gasteiger partial charge in [-0.25, -0.2) is 9.78 Å². The Balaban J connectivity index is 1.29. The van der Waals surface area contributed by atoms with Crippen molar-refractivity contribution in [2.24, 2.45) is 0 Å². The number of nitro groups is 1. The van der Waals surface area contributed by atoms with Gasteiger partial charge in [0, 0.05) is 29.8 Å². The van der Waals surface area contributed by atoms with Crippen molar-refractivity contribution in [3.8, 4) is 11.1 Å². The second-order valence-corrected chi connectivity index (χ2v) is 8.03. The first-order valence-electron chi connectivity index (χ1n) is 10.5. The predicted octanol–water partition coefficient (Wildman–Crippen LogP) is 5.89. The van der Waals surface area contributed by atoms with Gasteiger partial charge in [0.15, 0.2) is 0 Å². The van der Waals surface area contributed by atoms with Crippen LogP contribution in [0.15, 0.2) is 60.7 Å². The molecule has 1 aliphatic rings. The largest absolute Gasteiger partial charge is 0.449 e. The number of amides is 1. The first-order valence-corrected chi connectivity index (χ1v) is 10.9. The highest BCUT2D eigenvalue weighted by molar-refractivity contribution is 6.31. The maximum atomic E-state index is 12.2. The van der Waals surface area contributed by atoms with E-state index in [1.807, 2.05) is 30.3 Å². The van der Waals surface area contributed by atoms with Crippen molar-refractivity contribution in [3.63, 3.8) is 0 Å². The van der Waals surface area contributed by atoms with E-state index in [1.165, 1.54) is 17.2 Å². The lowest BCUT2D eigenvalue weighted by molar-refractivity contribution is -0.385. The zero-order valence-electron chi connectivity index (χ0n) is 18.0. The van der Waals surface area contributed by atoms with Crippen molar-refractivity contribution in [1.29, 1.82) is 0 Å². The Morgan fingerprint density at radius 1 is 1.18 bits per heavy atom. The summed E-state index contributed by atoms with van der Waals surface area (Å²) in [5.74, 6) is 0.0132. The lowest BCUT2D eigenvalue weighted by atomic mass is 9.98. The zero-order chi connectivity index (χ0) is 23.4. The van der Waals surface area contributed by atoms with Crippen molar-refractivity contribution < 1.29 is 14.5 Å². The number of pyridine rings is 1. The summed E-state index contributed by atoms with van der Waals surface area (Å²) in [4.78, 5) is 26.7. The molecule has 1 N–H and O–H groups in total. The second-order valence-electron chi connectivity index (χ2n) is 7.67. The molecule has 1 aromatic heterocycles. The van der Waals surface area contributed by atoms with E-state index in [-0.39, 0.29) is 23.4 Å². The average Bonchev–Trinajstić information content (AvgIpc) is 3.12. The fraction of sp³-hybridized carbons (Fsp3) is 0.200. The maximum Gasteiger partial charge on any atom is 0.407 e. The van der Waals surface area contributed by atoms with Crippen LogP contribution in [0.1, 0.15) is 34.7 Å². The molecule has 8 heteroatoms. The molecule has 33 heavy (non-hydrogen) atoms. The number of aryl methyl sites for hydroxylation is 1. The van der Waals surface area contributed by atoms with E-state index >= 15 is 0 Å². The summed E-state index contributed by atoms with van der Waals surface area (Å²) in [5.41, 5.74) is 5.64. The third kappa shape index (κ3) is 4.88. The van der Waals surface area contributed by atoms with E-state index in [1.54, 1.807) is 13.0 Å². The highest BCUT2D eigenvalue weighted by atomic mass is 35.5. The quantitative estimate of drug-likeness (QED) is 0.204. The number of carbonyl (C=O) groups is 1. The smallest absolute Gasteiger partial charge is 0.407 e. The Morgan fingerprint density at radius 3 is 2.45 bits per heavy atom. The Kier molecular flexibility index (Phi) is 6.70. The molecule has 4 rings (SSSR count). The number of fused-ring (bicyclic) bond motifs is 3. The number of alkyl carbamates (subject to hydrolysis) is 1. The fourth-order valence-electron chi connectivity index (χ4n) is 3.99. The van der Waals surface area contributed by atoms with Crippen LogP contribution in [0.2, 0.25) is 5.15 Å². The molecule has 0 aliphatic heterocycles. The molecule has 0 radical (unpaired) electrons. The van der Waals surface area contributed by atoms with Crippen LogP contribution < -0.4 is 5.32 Å². The number of rotatable bonds is 7. The SMILES string of the molecule is Cc1nc(Cl)c([N+](=O)[O-])cc1C=CCCNC(=O)OCC1c2ccccc2-c2ccccc21. The summed E-state index contributed by atoms with van der Waals surface area (Å²) in [6.07, 6.45) is 3.58. The van der Waals surface area contributed by atoms with Crippen LogP contribution in [0.25, 0.3) is 17.2 Å². The van der Waals surface area contributed by atoms with Gasteiger partial charge in [-0.1, -0.05) is 72.3 Å². The lowest BCUT2D eigenvalue weighted by Crippen LogP contribution is -2.26. The van der Waals surface area contributed by atoms with Gasteiger partial charge >= 0.3 is 11.8 Å². The van der Waals surface area contributed by atoms with Crippen LogP contribution in [0.5, 0.6) is 0 Å². The molecule has 0 saturated carbocycles. The van der Waals surface area contributed by atoms with Crippen LogP contribution in [0.4, 0.5) is 10.5 Å². The molecule has 1 aliphatic carbocycles. The minimum Gasteiger partial charge on any atom is -0.449 e. The second kappa shape index (κ2) is 9.83. The molecule has 1 heterocycles. The van der Waals surface area contributed by atoms with Crippen LogP contribution in [-0.4, -0.2) is 29.2 Å². The molecule has 0 spiro atoms. The molecular formula is C25H22ClN3O4. The molecule has 0 atom stereocenters. The summed E-state index contributed by atoms with van der Waals surface area (Å²) in [5, 5.41) is 13.6. The van der Waals surface area contributed by atoms with E-state index in [4.69, 9.17) is 16.3 Å². The van der Waals surface area contributed by atoms with Gasteiger partial charge < -0.3 is 10.1 Å². The Hall–Kier alpha value is -3.71. The summed E-state index contributed by atoms with van der Waals surface area (Å²) in [7, 11) is 0. The third-order valence-corrected chi connectivity index (χ3v) is 5.88. The van der Waals surface area contributed by atoms with E-state index < -0.39 is 11.0 Å². The van der Waals surface area contributed by atoms with Gasteiger partial charge in [0.25, 0.3) is 0 Å². The van der Waals surface area contributed by atoms with Gasteiger partial charge in [0.2, 0.25) is 5.15 Å². The van der Waals surface area contributed by atoms with Crippen molar-refractivity contribution in [1.82, 2.24) is 10.3 Å². The predicted molar refractivity (Wildman–Crippen MR) is 127 cm³/mol. The minimum atomic E-state index is -0.565. The topological polar surface area (TPSA) is 94.4 Å². The van der Waals surface area contributed by atoms with Gasteiger partial charge in [-0.05, 0) is 35.6 Å². The van der Waals surface area contributed by atoms with E-state index in [2.05, 4.69) is 34.6 Å². The Bertz CT molecular complexity index is 1200. The molecule has 168 valence electrons. The van der Waals surface area contributed by atoms with Crippen molar-refractivity contribution in [2.75, 3.05) is 13.2 Å². The molecule has 2 aromatic carbocycles. The number of carbonyl (C=O) groups excluding carboxylic acids is 1. The number of aromatic nitrogens is 1. The molecule has 0 saturated heterocycles. The number of hydrogen-bond acceptors (Lipinski definition) is 5. The number of nitrogens with one attached hydrogen (secondary N) is 1. The summed E-state index contributed by atoms with van der Waals surface area (Å²) in [6, 6.07) is 17.7. The Morgan fingerprint density at radius 2 is 1.82 bits per heavy atom. The molecule has 0 fully saturated rings. The number of halogens is 1. The summed E-state index contributed by atoms with van der Waals surface area (Å²) >= 11 is 5.81. The van der Waals surface area contributed by atoms with Gasteiger partial charge in [0.05, 0.1) is 4.92 Å². The van der Waals surface area contributed by atoms with E-state index in [0.29, 0.717) is 24.2 Å². The van der Waals surface area contributed by atoms with Crippen LogP contribution in [0, 0.1) is 17.0 Å². The first kappa shape index (κ1) is 22.5. The van der Waals surface area contributed by atoms with Gasteiger partial charge in [-0.2, -0.15) is 0 Å². The Labute approximate surface area is 196 Å². The zero-order valence-corrected chi connectivity index (χ0v) is 18.7. The van der Waals surface area contributed by atoms with Crippen LogP contribution >= 0.6 is 11.6 Å². The standard InChI is InChI=1S/C25H22ClN3O4/c1-16-17(14-23(29(31)32)24(26)28-16)8-6-7-13-27-25(30)33-15-22-20-11-4-2-9-18(20)19-10-3-5-12-21(19)22/h2-6,8-12,14,22H,7,13,15H2,1H3,(H,27,30). The minimum absolute atomic E-state index is 0.0132. The molecule has 3 aromatic rings. The van der Waals surface area contributed by atoms with Gasteiger partial charge in [0.1, 0.15) is 6.61 Å². The van der Waals surface area contributed by atoms with Crippen molar-refractivity contribution in [3.05, 3.63) is 98.3 Å². The number of ether oxygens (including phenoxy) is 1. The third-order valence-electron chi connectivity index (χ3n) is 5.61. The summed E-state index contributed by atoms with van der Waals surface area (Å²) < 4.78 is 5.51. The highest BCUT2D eigenvalue weighted by Gasteiger charge is 2.28.